The van der Waals surface area contributed by atoms with Gasteiger partial charge in [-0.2, -0.15) is 0 Å². The lowest BCUT2D eigenvalue weighted by atomic mass is 10.0. The molecule has 1 atom stereocenters. The van der Waals surface area contributed by atoms with Crippen LogP contribution in [0.2, 0.25) is 0 Å². The van der Waals surface area contributed by atoms with Crippen molar-refractivity contribution in [3.05, 3.63) is 45.7 Å². The van der Waals surface area contributed by atoms with Crippen LogP contribution in [0.15, 0.2) is 24.5 Å². The van der Waals surface area contributed by atoms with Gasteiger partial charge in [0.05, 0.1) is 16.7 Å². The zero-order chi connectivity index (χ0) is 17.6. The predicted molar refractivity (Wildman–Crippen MR) is 101 cm³/mol. The molecule has 0 aliphatic carbocycles. The number of nitrogens with one attached hydrogen (secondary N) is 1. The normalized spacial score (nSPS) is 16.6. The van der Waals surface area contributed by atoms with Crippen molar-refractivity contribution >= 4 is 17.2 Å². The van der Waals surface area contributed by atoms with Crippen LogP contribution in [-0.4, -0.2) is 40.4 Å². The van der Waals surface area contributed by atoms with Crippen molar-refractivity contribution in [1.29, 1.82) is 0 Å². The van der Waals surface area contributed by atoms with Gasteiger partial charge in [-0.25, -0.2) is 4.98 Å². The summed E-state index contributed by atoms with van der Waals surface area (Å²) in [6, 6.07) is 4.25. The SMILES string of the molecule is CCc1nc(C)c(C(=O)NC[C@H](c2cccnc2)N2CCCCC2)s1. The van der Waals surface area contributed by atoms with Crippen molar-refractivity contribution in [2.75, 3.05) is 19.6 Å². The van der Waals surface area contributed by atoms with Crippen molar-refractivity contribution in [1.82, 2.24) is 20.2 Å². The highest BCUT2D eigenvalue weighted by Crippen LogP contribution is 2.24. The predicted octanol–water partition coefficient (Wildman–Crippen LogP) is 3.37. The Morgan fingerprint density at radius 1 is 1.36 bits per heavy atom. The van der Waals surface area contributed by atoms with Crippen LogP contribution in [0.3, 0.4) is 0 Å². The molecule has 1 fully saturated rings. The lowest BCUT2D eigenvalue weighted by Crippen LogP contribution is -2.40. The van der Waals surface area contributed by atoms with Crippen molar-refractivity contribution in [3.63, 3.8) is 0 Å². The van der Waals surface area contributed by atoms with Crippen LogP contribution >= 0.6 is 11.3 Å². The first-order valence-corrected chi connectivity index (χ1v) is 9.89. The summed E-state index contributed by atoms with van der Waals surface area (Å²) >= 11 is 1.50. The molecule has 0 spiro atoms. The zero-order valence-electron chi connectivity index (χ0n) is 15.0. The fraction of sp³-hybridized carbons (Fsp3) is 0.526. The Morgan fingerprint density at radius 2 is 2.16 bits per heavy atom. The number of thiazole rings is 1. The molecule has 1 amide bonds. The first kappa shape index (κ1) is 18.0. The number of nitrogens with zero attached hydrogens (tertiary/aromatic N) is 3. The Labute approximate surface area is 153 Å². The highest BCUT2D eigenvalue weighted by Gasteiger charge is 2.24. The number of carbonyl (C=O) groups excluding carboxylic acids is 1. The molecule has 0 aromatic carbocycles. The number of rotatable bonds is 6. The molecule has 6 heteroatoms. The molecule has 134 valence electrons. The second-order valence-corrected chi connectivity index (χ2v) is 7.57. The van der Waals surface area contributed by atoms with Crippen LogP contribution in [0.4, 0.5) is 0 Å². The molecule has 0 unspecified atom stereocenters. The van der Waals surface area contributed by atoms with Crippen molar-refractivity contribution < 1.29 is 4.79 Å². The molecule has 25 heavy (non-hydrogen) atoms. The van der Waals surface area contributed by atoms with Crippen LogP contribution in [0.1, 0.15) is 58.2 Å². The number of aromatic nitrogens is 2. The summed E-state index contributed by atoms with van der Waals surface area (Å²) in [5, 5.41) is 4.15. The highest BCUT2D eigenvalue weighted by atomic mass is 32.1. The van der Waals surface area contributed by atoms with Crippen LogP contribution < -0.4 is 5.32 Å². The molecular formula is C19H26N4OS. The average molecular weight is 359 g/mol. The minimum atomic E-state index is -0.0133. The molecule has 5 nitrogen and oxygen atoms in total. The Hall–Kier alpha value is -1.79. The van der Waals surface area contributed by atoms with Gasteiger partial charge in [-0.3, -0.25) is 14.7 Å². The van der Waals surface area contributed by atoms with Gasteiger partial charge < -0.3 is 5.32 Å². The molecule has 1 aliphatic heterocycles. The number of pyridine rings is 1. The summed E-state index contributed by atoms with van der Waals surface area (Å²) in [6.07, 6.45) is 8.31. The van der Waals surface area contributed by atoms with Crippen LogP contribution in [0, 0.1) is 6.92 Å². The topological polar surface area (TPSA) is 58.1 Å². The zero-order valence-corrected chi connectivity index (χ0v) is 15.8. The third-order valence-corrected chi connectivity index (χ3v) is 6.01. The third kappa shape index (κ3) is 4.44. The van der Waals surface area contributed by atoms with Gasteiger partial charge in [0.1, 0.15) is 4.88 Å². The Bertz CT molecular complexity index is 695. The molecule has 2 aromatic rings. The van der Waals surface area contributed by atoms with Crippen molar-refractivity contribution in [2.45, 2.75) is 45.6 Å². The van der Waals surface area contributed by atoms with E-state index in [-0.39, 0.29) is 11.9 Å². The largest absolute Gasteiger partial charge is 0.349 e. The van der Waals surface area contributed by atoms with Crippen LogP contribution in [0.5, 0.6) is 0 Å². The molecule has 0 radical (unpaired) electrons. The third-order valence-electron chi connectivity index (χ3n) is 4.71. The average Bonchev–Trinajstić information content (AvgIpc) is 3.04. The molecule has 1 aliphatic rings. The Morgan fingerprint density at radius 3 is 2.80 bits per heavy atom. The molecule has 3 rings (SSSR count). The number of carbonyl (C=O) groups is 1. The molecule has 2 aromatic heterocycles. The maximum Gasteiger partial charge on any atom is 0.263 e. The molecule has 3 heterocycles. The van der Waals surface area contributed by atoms with Gasteiger partial charge in [-0.05, 0) is 50.9 Å². The van der Waals surface area contributed by atoms with Gasteiger partial charge in [-0.15, -0.1) is 11.3 Å². The van der Waals surface area contributed by atoms with Gasteiger partial charge >= 0.3 is 0 Å². The summed E-state index contributed by atoms with van der Waals surface area (Å²) in [4.78, 5) is 24.6. The molecule has 0 saturated carbocycles. The summed E-state index contributed by atoms with van der Waals surface area (Å²) in [5.74, 6) is -0.0133. The molecule has 0 bridgehead atoms. The fourth-order valence-corrected chi connectivity index (χ4v) is 4.27. The van der Waals surface area contributed by atoms with E-state index in [0.29, 0.717) is 6.54 Å². The van der Waals surface area contributed by atoms with Gasteiger partial charge in [0.15, 0.2) is 0 Å². The monoisotopic (exact) mass is 358 g/mol. The van der Waals surface area contributed by atoms with Gasteiger partial charge in [0.25, 0.3) is 5.91 Å². The maximum atomic E-state index is 12.6. The summed E-state index contributed by atoms with van der Waals surface area (Å²) < 4.78 is 0. The standard InChI is InChI=1S/C19H26N4OS/c1-3-17-22-14(2)18(25-17)19(24)21-13-16(15-8-7-9-20-12-15)23-10-5-4-6-11-23/h7-9,12,16H,3-6,10-11,13H2,1-2H3,(H,21,24)/t16-/m1/s1. The maximum absolute atomic E-state index is 12.6. The number of amides is 1. The minimum absolute atomic E-state index is 0.0133. The lowest BCUT2D eigenvalue weighted by Gasteiger charge is -2.34. The van der Waals surface area contributed by atoms with Gasteiger partial charge in [0, 0.05) is 18.9 Å². The number of hydrogen-bond donors (Lipinski definition) is 1. The molecular weight excluding hydrogens is 332 g/mol. The minimum Gasteiger partial charge on any atom is -0.349 e. The number of likely N-dealkylation sites (tertiary alicyclic amines) is 1. The van der Waals surface area contributed by atoms with E-state index in [4.69, 9.17) is 0 Å². The Kier molecular flexibility index (Phi) is 6.15. The number of piperidine rings is 1. The van der Waals surface area contributed by atoms with Crippen molar-refractivity contribution in [2.24, 2.45) is 0 Å². The van der Waals surface area contributed by atoms with Gasteiger partial charge in [0.2, 0.25) is 0 Å². The lowest BCUT2D eigenvalue weighted by molar-refractivity contribution is 0.0927. The number of aryl methyl sites for hydroxylation is 2. The molecule has 1 saturated heterocycles. The summed E-state index contributed by atoms with van der Waals surface area (Å²) in [7, 11) is 0. The van der Waals surface area contributed by atoms with E-state index in [0.717, 1.165) is 35.1 Å². The first-order valence-electron chi connectivity index (χ1n) is 9.07. The first-order chi connectivity index (χ1) is 12.2. The van der Waals surface area contributed by atoms with Crippen LogP contribution in [-0.2, 0) is 6.42 Å². The Balaban J connectivity index is 1.71. The van der Waals surface area contributed by atoms with E-state index in [1.165, 1.54) is 36.2 Å². The second-order valence-electron chi connectivity index (χ2n) is 6.48. The van der Waals surface area contributed by atoms with Crippen molar-refractivity contribution in [3.8, 4) is 0 Å². The van der Waals surface area contributed by atoms with E-state index >= 15 is 0 Å². The van der Waals surface area contributed by atoms with E-state index < -0.39 is 0 Å². The van der Waals surface area contributed by atoms with E-state index in [1.54, 1.807) is 6.20 Å². The number of hydrogen-bond acceptors (Lipinski definition) is 5. The second kappa shape index (κ2) is 8.54. The summed E-state index contributed by atoms with van der Waals surface area (Å²) in [5.41, 5.74) is 2.00. The van der Waals surface area contributed by atoms with Crippen LogP contribution in [0.25, 0.3) is 0 Å². The summed E-state index contributed by atoms with van der Waals surface area (Å²) in [6.45, 7) is 6.73. The van der Waals surface area contributed by atoms with E-state index in [9.17, 15) is 4.79 Å². The van der Waals surface area contributed by atoms with Gasteiger partial charge in [-0.1, -0.05) is 19.4 Å². The fourth-order valence-electron chi connectivity index (χ4n) is 3.34. The smallest absolute Gasteiger partial charge is 0.263 e. The van der Waals surface area contributed by atoms with E-state index in [1.807, 2.05) is 19.2 Å². The van der Waals surface area contributed by atoms with E-state index in [2.05, 4.69) is 33.2 Å². The quantitative estimate of drug-likeness (QED) is 0.860. The highest BCUT2D eigenvalue weighted by molar-refractivity contribution is 7.13. The molecule has 1 N–H and O–H groups in total.